The summed E-state index contributed by atoms with van der Waals surface area (Å²) in [6, 6.07) is 0. The van der Waals surface area contributed by atoms with Crippen LogP contribution in [0.1, 0.15) is 27.2 Å². The molecule has 0 N–H and O–H groups in total. The van der Waals surface area contributed by atoms with Crippen molar-refractivity contribution in [1.82, 2.24) is 0 Å². The fourth-order valence-electron chi connectivity index (χ4n) is 0.873. The van der Waals surface area contributed by atoms with E-state index in [0.29, 0.717) is 6.42 Å². The zero-order valence-corrected chi connectivity index (χ0v) is 7.06. The van der Waals surface area contributed by atoms with Crippen molar-refractivity contribution in [3.63, 3.8) is 0 Å². The first-order chi connectivity index (χ1) is 4.97. The minimum Gasteiger partial charge on any atom is -0.462 e. The number of hydrogen-bond acceptors (Lipinski definition) is 2. The van der Waals surface area contributed by atoms with Crippen LogP contribution in [0.2, 0.25) is 0 Å². The average Bonchev–Trinajstić information content (AvgIpc) is 2.40. The lowest BCUT2D eigenvalue weighted by molar-refractivity contribution is -0.154. The van der Waals surface area contributed by atoms with Crippen molar-refractivity contribution in [3.8, 4) is 0 Å². The summed E-state index contributed by atoms with van der Waals surface area (Å²) in [7, 11) is 0. The molecule has 64 valence electrons. The summed E-state index contributed by atoms with van der Waals surface area (Å²) in [6.07, 6.45) is -0.820. The van der Waals surface area contributed by atoms with E-state index in [-0.39, 0.29) is 6.10 Å². The van der Waals surface area contributed by atoms with Gasteiger partial charge in [0.15, 0.2) is 0 Å². The molecule has 0 heterocycles. The number of carbonyl (C=O) groups is 1. The van der Waals surface area contributed by atoms with Gasteiger partial charge in [-0.1, -0.05) is 0 Å². The highest BCUT2D eigenvalue weighted by atomic mass is 19.1. The Morgan fingerprint density at radius 1 is 1.73 bits per heavy atom. The Balaban J connectivity index is 2.43. The van der Waals surface area contributed by atoms with Gasteiger partial charge in [0.05, 0.1) is 11.5 Å². The van der Waals surface area contributed by atoms with Crippen LogP contribution in [0, 0.1) is 5.41 Å². The van der Waals surface area contributed by atoms with E-state index in [1.54, 1.807) is 20.8 Å². The number of esters is 1. The molecule has 0 aromatic rings. The SMILES string of the molecule is CC(C)OC(=O)C1(C)CC1F. The van der Waals surface area contributed by atoms with Gasteiger partial charge < -0.3 is 4.74 Å². The predicted molar refractivity (Wildman–Crippen MR) is 38.8 cm³/mol. The molecule has 0 aromatic carbocycles. The third-order valence-electron chi connectivity index (χ3n) is 1.94. The van der Waals surface area contributed by atoms with E-state index in [1.165, 1.54) is 0 Å². The zero-order chi connectivity index (χ0) is 8.65. The Kier molecular flexibility index (Phi) is 1.90. The van der Waals surface area contributed by atoms with E-state index in [1.807, 2.05) is 0 Å². The van der Waals surface area contributed by atoms with Crippen LogP contribution in [0.4, 0.5) is 4.39 Å². The third kappa shape index (κ3) is 1.52. The van der Waals surface area contributed by atoms with Crippen molar-refractivity contribution in [2.45, 2.75) is 39.5 Å². The molecule has 1 rings (SSSR count). The third-order valence-corrected chi connectivity index (χ3v) is 1.94. The molecule has 1 aliphatic rings. The van der Waals surface area contributed by atoms with Gasteiger partial charge in [0, 0.05) is 0 Å². The Morgan fingerprint density at radius 3 is 2.45 bits per heavy atom. The zero-order valence-electron chi connectivity index (χ0n) is 7.06. The number of rotatable bonds is 2. The lowest BCUT2D eigenvalue weighted by Crippen LogP contribution is -2.21. The summed E-state index contributed by atoms with van der Waals surface area (Å²) in [5, 5.41) is 0. The van der Waals surface area contributed by atoms with Crippen LogP contribution in [0.25, 0.3) is 0 Å². The largest absolute Gasteiger partial charge is 0.462 e. The number of ether oxygens (including phenoxy) is 1. The molecule has 11 heavy (non-hydrogen) atoms. The summed E-state index contributed by atoms with van der Waals surface area (Å²) in [6.45, 7) is 5.12. The van der Waals surface area contributed by atoms with E-state index in [9.17, 15) is 9.18 Å². The van der Waals surface area contributed by atoms with Gasteiger partial charge in [0.1, 0.15) is 6.17 Å². The molecular formula is C8H13FO2. The molecule has 2 atom stereocenters. The van der Waals surface area contributed by atoms with Crippen LogP contribution >= 0.6 is 0 Å². The van der Waals surface area contributed by atoms with Crippen molar-refractivity contribution in [1.29, 1.82) is 0 Å². The van der Waals surface area contributed by atoms with Crippen molar-refractivity contribution in [2.75, 3.05) is 0 Å². The van der Waals surface area contributed by atoms with Crippen molar-refractivity contribution in [3.05, 3.63) is 0 Å². The summed E-state index contributed by atoms with van der Waals surface area (Å²) in [5.74, 6) is -0.403. The second-order valence-electron chi connectivity index (χ2n) is 3.54. The summed E-state index contributed by atoms with van der Waals surface area (Å²) < 4.78 is 17.4. The van der Waals surface area contributed by atoms with Gasteiger partial charge in [-0.15, -0.1) is 0 Å². The number of carbonyl (C=O) groups excluding carboxylic acids is 1. The maximum atomic E-state index is 12.6. The number of alkyl halides is 1. The minimum atomic E-state index is -0.992. The molecule has 0 aromatic heterocycles. The van der Waals surface area contributed by atoms with Gasteiger partial charge in [-0.3, -0.25) is 4.79 Å². The molecular weight excluding hydrogens is 147 g/mol. The molecule has 1 aliphatic carbocycles. The average molecular weight is 160 g/mol. The topological polar surface area (TPSA) is 26.3 Å². The van der Waals surface area contributed by atoms with E-state index in [4.69, 9.17) is 4.74 Å². The van der Waals surface area contributed by atoms with Gasteiger partial charge in [-0.25, -0.2) is 4.39 Å². The molecule has 0 saturated heterocycles. The first kappa shape index (κ1) is 8.50. The minimum absolute atomic E-state index is 0.146. The Morgan fingerprint density at radius 2 is 2.18 bits per heavy atom. The van der Waals surface area contributed by atoms with E-state index < -0.39 is 17.6 Å². The van der Waals surface area contributed by atoms with E-state index >= 15 is 0 Å². The monoisotopic (exact) mass is 160 g/mol. The van der Waals surface area contributed by atoms with Crippen LogP contribution in [-0.2, 0) is 9.53 Å². The smallest absolute Gasteiger partial charge is 0.315 e. The highest BCUT2D eigenvalue weighted by Crippen LogP contribution is 2.49. The fourth-order valence-corrected chi connectivity index (χ4v) is 0.873. The first-order valence-corrected chi connectivity index (χ1v) is 3.82. The molecule has 0 amide bonds. The maximum absolute atomic E-state index is 12.6. The molecule has 1 fully saturated rings. The lowest BCUT2D eigenvalue weighted by Gasteiger charge is -2.11. The van der Waals surface area contributed by atoms with Crippen LogP contribution in [-0.4, -0.2) is 18.2 Å². The number of hydrogen-bond donors (Lipinski definition) is 0. The molecule has 1 saturated carbocycles. The Bertz CT molecular complexity index is 179. The van der Waals surface area contributed by atoms with E-state index in [0.717, 1.165) is 0 Å². The summed E-state index contributed by atoms with van der Waals surface area (Å²) in [4.78, 5) is 11.1. The predicted octanol–water partition coefficient (Wildman–Crippen LogP) is 1.69. The van der Waals surface area contributed by atoms with Crippen LogP contribution < -0.4 is 0 Å². The molecule has 2 nitrogen and oxygen atoms in total. The van der Waals surface area contributed by atoms with Crippen LogP contribution in [0.5, 0.6) is 0 Å². The number of halogens is 1. The molecule has 0 bridgehead atoms. The van der Waals surface area contributed by atoms with Crippen LogP contribution in [0.3, 0.4) is 0 Å². The molecule has 0 aliphatic heterocycles. The van der Waals surface area contributed by atoms with Gasteiger partial charge in [-0.2, -0.15) is 0 Å². The molecule has 0 radical (unpaired) electrons. The van der Waals surface area contributed by atoms with Gasteiger partial charge in [0.2, 0.25) is 0 Å². The van der Waals surface area contributed by atoms with Gasteiger partial charge in [0.25, 0.3) is 0 Å². The Labute approximate surface area is 65.7 Å². The molecule has 3 heteroatoms. The molecule has 2 unspecified atom stereocenters. The van der Waals surface area contributed by atoms with E-state index in [2.05, 4.69) is 0 Å². The second kappa shape index (κ2) is 2.47. The maximum Gasteiger partial charge on any atom is 0.315 e. The quantitative estimate of drug-likeness (QED) is 0.574. The molecule has 0 spiro atoms. The van der Waals surface area contributed by atoms with Crippen molar-refractivity contribution in [2.24, 2.45) is 5.41 Å². The highest BCUT2D eigenvalue weighted by Gasteiger charge is 2.58. The summed E-state index contributed by atoms with van der Waals surface area (Å²) in [5.41, 5.74) is -0.829. The second-order valence-corrected chi connectivity index (χ2v) is 3.54. The standard InChI is InChI=1S/C8H13FO2/c1-5(2)11-7(10)8(3)4-6(8)9/h5-6H,4H2,1-3H3. The first-order valence-electron chi connectivity index (χ1n) is 3.82. The fraction of sp³-hybridized carbons (Fsp3) is 0.875. The Hall–Kier alpha value is -0.600. The lowest BCUT2D eigenvalue weighted by atomic mass is 10.1. The van der Waals surface area contributed by atoms with Gasteiger partial charge >= 0.3 is 5.97 Å². The van der Waals surface area contributed by atoms with Crippen LogP contribution in [0.15, 0.2) is 0 Å². The van der Waals surface area contributed by atoms with Gasteiger partial charge in [-0.05, 0) is 27.2 Å². The normalized spacial score (nSPS) is 35.5. The highest BCUT2D eigenvalue weighted by molar-refractivity contribution is 5.80. The van der Waals surface area contributed by atoms with Crippen molar-refractivity contribution >= 4 is 5.97 Å². The summed E-state index contributed by atoms with van der Waals surface area (Å²) >= 11 is 0. The van der Waals surface area contributed by atoms with Crippen molar-refractivity contribution < 1.29 is 13.9 Å².